The molecule has 1 fully saturated rings. The fourth-order valence-corrected chi connectivity index (χ4v) is 5.59. The van der Waals surface area contributed by atoms with Gasteiger partial charge < -0.3 is 15.6 Å². The first kappa shape index (κ1) is 28.0. The van der Waals surface area contributed by atoms with E-state index in [1.54, 1.807) is 39.2 Å². The van der Waals surface area contributed by atoms with Gasteiger partial charge in [0.2, 0.25) is 0 Å². The van der Waals surface area contributed by atoms with Crippen molar-refractivity contribution < 1.29 is 19.0 Å². The second-order valence-corrected chi connectivity index (χ2v) is 10.9. The number of esters is 1. The van der Waals surface area contributed by atoms with Crippen molar-refractivity contribution in [3.63, 3.8) is 0 Å². The number of nitrogens with zero attached hydrogens (tertiary/aromatic N) is 4. The van der Waals surface area contributed by atoms with Gasteiger partial charge in [-0.25, -0.2) is 14.2 Å². The largest absolute Gasteiger partial charge is 0.512 e. The van der Waals surface area contributed by atoms with Gasteiger partial charge in [0.1, 0.15) is 28.7 Å². The van der Waals surface area contributed by atoms with Gasteiger partial charge in [0.05, 0.1) is 17.1 Å². The van der Waals surface area contributed by atoms with E-state index in [0.717, 1.165) is 31.2 Å². The number of carbonyl (C=O) groups is 1. The van der Waals surface area contributed by atoms with E-state index < -0.39 is 22.8 Å². The molecule has 39 heavy (non-hydrogen) atoms. The average molecular weight is 535 g/mol. The Morgan fingerprint density at radius 2 is 2.10 bits per heavy atom. The number of ether oxygens (including phenoxy) is 1. The van der Waals surface area contributed by atoms with Crippen molar-refractivity contribution >= 4 is 17.6 Å². The predicted molar refractivity (Wildman–Crippen MR) is 146 cm³/mol. The van der Waals surface area contributed by atoms with Crippen molar-refractivity contribution in [2.75, 3.05) is 7.05 Å². The van der Waals surface area contributed by atoms with Gasteiger partial charge in [-0.15, -0.1) is 0 Å². The third kappa shape index (κ3) is 6.03. The Balaban J connectivity index is 1.55. The van der Waals surface area contributed by atoms with Crippen molar-refractivity contribution in [3.8, 4) is 6.07 Å². The Hall–Kier alpha value is -4.00. The van der Waals surface area contributed by atoms with Crippen LogP contribution in [0.2, 0.25) is 0 Å². The van der Waals surface area contributed by atoms with Crippen molar-refractivity contribution in [2.45, 2.75) is 76.2 Å². The molecule has 0 saturated heterocycles. The number of aliphatic imine (C=N–C) groups is 2. The summed E-state index contributed by atoms with van der Waals surface area (Å²) in [6, 6.07) is 8.75. The number of aliphatic hydroxyl groups excluding tert-OH is 1. The minimum atomic E-state index is -0.938. The van der Waals surface area contributed by atoms with Gasteiger partial charge in [0.25, 0.3) is 0 Å². The summed E-state index contributed by atoms with van der Waals surface area (Å²) in [6.45, 7) is 3.36. The van der Waals surface area contributed by atoms with Gasteiger partial charge >= 0.3 is 5.97 Å². The lowest BCUT2D eigenvalue weighted by atomic mass is 9.76. The first-order chi connectivity index (χ1) is 18.6. The molecule has 1 aromatic carbocycles. The molecule has 4 N–H and O–H groups in total. The standard InChI is InChI=1S/C29H35FN6O3/c1-28(2,17-31)21-9-8-18(14-22(21)30)10-12-29(19-6-4-5-7-19)16-24(37)20(27(38)39-29)15-25(32)35-26(33-3)23-11-13-34-36-23/h8-9,11,13-14,19,37H,4-7,10,12,15-16H2,1-3H3,(H,34,36)(H2,32,33,35). The van der Waals surface area contributed by atoms with Gasteiger partial charge in [0, 0.05) is 31.6 Å². The number of nitriles is 1. The molecule has 9 nitrogen and oxygen atoms in total. The Morgan fingerprint density at radius 3 is 2.69 bits per heavy atom. The highest BCUT2D eigenvalue weighted by Gasteiger charge is 2.48. The minimum absolute atomic E-state index is 0.0508. The molecule has 0 spiro atoms. The maximum Gasteiger partial charge on any atom is 0.338 e. The first-order valence-corrected chi connectivity index (χ1v) is 13.2. The SMILES string of the molecule is CN=C(N=C(N)CC1=C(O)CC(CCc2ccc(C(C)(C)C#N)c(F)c2)(C2CCCC2)OC1=O)c1ccn[nH]1. The Labute approximate surface area is 227 Å². The molecule has 1 aliphatic heterocycles. The number of hydrogen-bond donors (Lipinski definition) is 3. The number of amidine groups is 2. The van der Waals surface area contributed by atoms with E-state index in [0.29, 0.717) is 29.9 Å². The first-order valence-electron chi connectivity index (χ1n) is 13.2. The van der Waals surface area contributed by atoms with E-state index >= 15 is 0 Å². The van der Waals surface area contributed by atoms with E-state index in [1.165, 1.54) is 6.07 Å². The van der Waals surface area contributed by atoms with Crippen molar-refractivity contribution in [2.24, 2.45) is 21.6 Å². The molecule has 2 heterocycles. The van der Waals surface area contributed by atoms with Gasteiger partial charge in [0.15, 0.2) is 5.84 Å². The lowest BCUT2D eigenvalue weighted by Gasteiger charge is -2.42. The molecular formula is C29H35FN6O3. The van der Waals surface area contributed by atoms with Gasteiger partial charge in [-0.2, -0.15) is 10.4 Å². The van der Waals surface area contributed by atoms with Crippen LogP contribution in [0.1, 0.15) is 75.6 Å². The molecule has 0 bridgehead atoms. The zero-order valence-electron chi connectivity index (χ0n) is 22.6. The number of hydrogen-bond acceptors (Lipinski definition) is 6. The molecule has 1 aromatic heterocycles. The molecule has 1 unspecified atom stereocenters. The molecule has 4 rings (SSSR count). The topological polar surface area (TPSA) is 150 Å². The number of nitrogens with two attached hydrogens (primary N) is 1. The van der Waals surface area contributed by atoms with Gasteiger partial charge in [-0.3, -0.25) is 10.1 Å². The number of rotatable bonds is 8. The Kier molecular flexibility index (Phi) is 8.19. The zero-order chi connectivity index (χ0) is 28.2. The van der Waals surface area contributed by atoms with Crippen LogP contribution in [-0.2, 0) is 21.4 Å². The molecular weight excluding hydrogens is 499 g/mol. The smallest absolute Gasteiger partial charge is 0.338 e. The molecule has 2 aliphatic rings. The summed E-state index contributed by atoms with van der Waals surface area (Å²) >= 11 is 0. The highest BCUT2D eigenvalue weighted by Crippen LogP contribution is 2.46. The average Bonchev–Trinajstić information content (AvgIpc) is 3.63. The minimum Gasteiger partial charge on any atom is -0.512 e. The summed E-state index contributed by atoms with van der Waals surface area (Å²) in [5.74, 6) is -0.571. The van der Waals surface area contributed by atoms with Crippen LogP contribution in [-0.4, -0.2) is 45.6 Å². The predicted octanol–water partition coefficient (Wildman–Crippen LogP) is 4.79. The molecule has 10 heteroatoms. The summed E-state index contributed by atoms with van der Waals surface area (Å²) in [7, 11) is 1.57. The fourth-order valence-electron chi connectivity index (χ4n) is 5.59. The van der Waals surface area contributed by atoms with Crippen LogP contribution in [0.3, 0.4) is 0 Å². The third-order valence-corrected chi connectivity index (χ3v) is 7.84. The van der Waals surface area contributed by atoms with E-state index in [9.17, 15) is 19.6 Å². The normalized spacial score (nSPS) is 21.3. The number of H-pyrrole nitrogens is 1. The summed E-state index contributed by atoms with van der Waals surface area (Å²) < 4.78 is 21.0. The van der Waals surface area contributed by atoms with E-state index in [2.05, 4.69) is 26.3 Å². The van der Waals surface area contributed by atoms with Crippen molar-refractivity contribution in [1.82, 2.24) is 10.2 Å². The summed E-state index contributed by atoms with van der Waals surface area (Å²) in [5, 5.41) is 27.1. The molecule has 1 aliphatic carbocycles. The number of carbonyl (C=O) groups excluding carboxylic acids is 1. The molecule has 206 valence electrons. The number of nitrogens with one attached hydrogen (secondary N) is 1. The number of aromatic amines is 1. The quantitative estimate of drug-likeness (QED) is 0.252. The second-order valence-electron chi connectivity index (χ2n) is 10.9. The Morgan fingerprint density at radius 1 is 1.36 bits per heavy atom. The van der Waals surface area contributed by atoms with E-state index in [1.807, 2.05) is 6.07 Å². The molecule has 1 atom stereocenters. The highest BCUT2D eigenvalue weighted by atomic mass is 19.1. The van der Waals surface area contributed by atoms with Crippen LogP contribution in [0.25, 0.3) is 0 Å². The van der Waals surface area contributed by atoms with Crippen LogP contribution < -0.4 is 5.73 Å². The summed E-state index contributed by atoms with van der Waals surface area (Å²) in [5.41, 5.74) is 6.05. The van der Waals surface area contributed by atoms with E-state index in [4.69, 9.17) is 10.5 Å². The zero-order valence-corrected chi connectivity index (χ0v) is 22.6. The monoisotopic (exact) mass is 534 g/mol. The number of benzene rings is 1. The van der Waals surface area contributed by atoms with Crippen LogP contribution in [0.5, 0.6) is 0 Å². The molecule has 0 radical (unpaired) electrons. The number of halogens is 1. The molecule has 1 saturated carbocycles. The number of aromatic nitrogens is 2. The van der Waals surface area contributed by atoms with Crippen LogP contribution in [0.4, 0.5) is 4.39 Å². The van der Waals surface area contributed by atoms with Crippen LogP contribution in [0.15, 0.2) is 51.8 Å². The third-order valence-electron chi connectivity index (χ3n) is 7.84. The second kappa shape index (κ2) is 11.4. The lowest BCUT2D eigenvalue weighted by Crippen LogP contribution is -2.46. The highest BCUT2D eigenvalue weighted by molar-refractivity contribution is 6.07. The number of aryl methyl sites for hydroxylation is 1. The molecule has 0 amide bonds. The van der Waals surface area contributed by atoms with Crippen molar-refractivity contribution in [3.05, 3.63) is 64.4 Å². The van der Waals surface area contributed by atoms with Gasteiger partial charge in [-0.05, 0) is 63.1 Å². The summed E-state index contributed by atoms with van der Waals surface area (Å²) in [4.78, 5) is 21.7. The maximum atomic E-state index is 14.9. The van der Waals surface area contributed by atoms with E-state index in [-0.39, 0.29) is 35.9 Å². The van der Waals surface area contributed by atoms with Gasteiger partial charge in [-0.1, -0.05) is 25.0 Å². The number of cyclic esters (lactones) is 1. The van der Waals surface area contributed by atoms with Crippen molar-refractivity contribution in [1.29, 1.82) is 5.26 Å². The van der Waals surface area contributed by atoms with Crippen LogP contribution in [0, 0.1) is 23.1 Å². The fraction of sp³-hybridized carbons (Fsp3) is 0.483. The number of aliphatic hydroxyl groups is 1. The summed E-state index contributed by atoms with van der Waals surface area (Å²) in [6.07, 6.45) is 6.40. The maximum absolute atomic E-state index is 14.9. The molecule has 2 aromatic rings. The Bertz CT molecular complexity index is 1350. The van der Waals surface area contributed by atoms with Crippen LogP contribution >= 0.6 is 0 Å². The lowest BCUT2D eigenvalue weighted by molar-refractivity contribution is -0.167.